The van der Waals surface area contributed by atoms with Crippen molar-refractivity contribution >= 4 is 40.3 Å². The van der Waals surface area contributed by atoms with Crippen molar-refractivity contribution < 1.29 is 4.39 Å². The summed E-state index contributed by atoms with van der Waals surface area (Å²) in [4.78, 5) is 12.8. The topological polar surface area (TPSA) is 70.3 Å². The van der Waals surface area contributed by atoms with Crippen molar-refractivity contribution in [3.8, 4) is 0 Å². The Morgan fingerprint density at radius 3 is 2.52 bits per heavy atom. The van der Waals surface area contributed by atoms with Crippen LogP contribution in [0.3, 0.4) is 0 Å². The van der Waals surface area contributed by atoms with Crippen LogP contribution < -0.4 is 20.9 Å². The van der Waals surface area contributed by atoms with E-state index < -0.39 is 0 Å². The molecule has 0 aliphatic carbocycles. The Labute approximate surface area is 174 Å². The van der Waals surface area contributed by atoms with E-state index in [1.54, 1.807) is 12.1 Å². The number of aromatic nitrogens is 2. The average molecular weight is 413 g/mol. The number of nitrogens with two attached hydrogens (primary N) is 1. The van der Waals surface area contributed by atoms with Crippen LogP contribution in [0.1, 0.15) is 5.56 Å². The quantitative estimate of drug-likeness (QED) is 0.668. The molecule has 0 atom stereocenters. The van der Waals surface area contributed by atoms with E-state index in [1.807, 2.05) is 36.1 Å². The zero-order chi connectivity index (χ0) is 20.4. The lowest BCUT2D eigenvalue weighted by Gasteiger charge is -2.37. The molecule has 3 N–H and O–H groups in total. The van der Waals surface area contributed by atoms with Crippen LogP contribution in [0.2, 0.25) is 5.02 Å². The van der Waals surface area contributed by atoms with Gasteiger partial charge in [-0.1, -0.05) is 29.8 Å². The summed E-state index contributed by atoms with van der Waals surface area (Å²) in [6.07, 6.45) is 1.50. The van der Waals surface area contributed by atoms with Crippen molar-refractivity contribution in [2.75, 3.05) is 47.0 Å². The summed E-state index contributed by atoms with van der Waals surface area (Å²) in [5.74, 6) is 1.01. The van der Waals surface area contributed by atoms with Crippen molar-refractivity contribution in [3.05, 3.63) is 65.2 Å². The Morgan fingerprint density at radius 2 is 1.76 bits per heavy atom. The number of halogens is 2. The summed E-state index contributed by atoms with van der Waals surface area (Å²) < 4.78 is 14.1. The number of hydrogen-bond donors (Lipinski definition) is 2. The van der Waals surface area contributed by atoms with Crippen LogP contribution >= 0.6 is 11.6 Å². The number of anilines is 5. The standard InChI is InChI=1S/C21H22ClFN6/c1-14-6-7-15(22)12-17(14)27-20-19(24)21(26-13-25-20)29-10-8-28(9-11-29)18-5-3-2-4-16(18)23/h2-7,12-13H,8-11,24H2,1H3,(H,25,26,27). The van der Waals surface area contributed by atoms with Gasteiger partial charge in [0.25, 0.3) is 0 Å². The smallest absolute Gasteiger partial charge is 0.159 e. The predicted molar refractivity (Wildman–Crippen MR) is 117 cm³/mol. The van der Waals surface area contributed by atoms with E-state index in [-0.39, 0.29) is 5.82 Å². The van der Waals surface area contributed by atoms with Crippen molar-refractivity contribution in [1.29, 1.82) is 0 Å². The Morgan fingerprint density at radius 1 is 1.03 bits per heavy atom. The number of nitrogens with one attached hydrogen (secondary N) is 1. The molecule has 1 aliphatic rings. The molecule has 2 heterocycles. The fourth-order valence-corrected chi connectivity index (χ4v) is 3.63. The molecule has 1 fully saturated rings. The van der Waals surface area contributed by atoms with E-state index in [1.165, 1.54) is 12.4 Å². The largest absolute Gasteiger partial charge is 0.393 e. The second kappa shape index (κ2) is 8.13. The van der Waals surface area contributed by atoms with Gasteiger partial charge in [0, 0.05) is 36.9 Å². The normalized spacial score (nSPS) is 14.2. The Kier molecular flexibility index (Phi) is 5.40. The summed E-state index contributed by atoms with van der Waals surface area (Å²) in [5.41, 5.74) is 9.37. The minimum Gasteiger partial charge on any atom is -0.393 e. The molecule has 1 aromatic heterocycles. The van der Waals surface area contributed by atoms with Gasteiger partial charge in [-0.05, 0) is 36.8 Å². The van der Waals surface area contributed by atoms with E-state index in [4.69, 9.17) is 17.3 Å². The van der Waals surface area contributed by atoms with Gasteiger partial charge in [-0.3, -0.25) is 0 Å². The summed E-state index contributed by atoms with van der Waals surface area (Å²) in [6.45, 7) is 4.72. The van der Waals surface area contributed by atoms with E-state index in [0.717, 1.165) is 11.3 Å². The minimum absolute atomic E-state index is 0.203. The number of benzene rings is 2. The highest BCUT2D eigenvalue weighted by Crippen LogP contribution is 2.31. The van der Waals surface area contributed by atoms with Gasteiger partial charge in [-0.25, -0.2) is 14.4 Å². The third kappa shape index (κ3) is 4.05. The molecule has 6 nitrogen and oxygen atoms in total. The van der Waals surface area contributed by atoms with E-state index in [9.17, 15) is 4.39 Å². The first-order valence-corrected chi connectivity index (χ1v) is 9.79. The molecule has 0 unspecified atom stereocenters. The third-order valence-corrected chi connectivity index (χ3v) is 5.32. The molecule has 2 aromatic carbocycles. The molecule has 0 saturated carbocycles. The summed E-state index contributed by atoms with van der Waals surface area (Å²) in [5, 5.41) is 3.89. The zero-order valence-corrected chi connectivity index (χ0v) is 16.8. The Bertz CT molecular complexity index is 1020. The maximum absolute atomic E-state index is 14.1. The number of piperazine rings is 1. The van der Waals surface area contributed by atoms with Gasteiger partial charge in [0.15, 0.2) is 11.6 Å². The van der Waals surface area contributed by atoms with Crippen molar-refractivity contribution in [3.63, 3.8) is 0 Å². The highest BCUT2D eigenvalue weighted by molar-refractivity contribution is 6.30. The minimum atomic E-state index is -0.203. The van der Waals surface area contributed by atoms with Crippen molar-refractivity contribution in [2.24, 2.45) is 0 Å². The van der Waals surface area contributed by atoms with Crippen LogP contribution in [0.4, 0.5) is 33.1 Å². The third-order valence-electron chi connectivity index (χ3n) is 5.09. The number of nitrogen functional groups attached to an aromatic ring is 1. The lowest BCUT2D eigenvalue weighted by molar-refractivity contribution is 0.596. The Hall–Kier alpha value is -3.06. The number of rotatable bonds is 4. The molecule has 150 valence electrons. The first-order chi connectivity index (χ1) is 14.0. The number of nitrogens with zero attached hydrogens (tertiary/aromatic N) is 4. The highest BCUT2D eigenvalue weighted by atomic mass is 35.5. The van der Waals surface area contributed by atoms with Crippen LogP contribution in [0.15, 0.2) is 48.8 Å². The SMILES string of the molecule is Cc1ccc(Cl)cc1Nc1ncnc(N2CCN(c3ccccc3F)CC2)c1N. The van der Waals surface area contributed by atoms with Crippen LogP contribution in [0.25, 0.3) is 0 Å². The van der Waals surface area contributed by atoms with Crippen molar-refractivity contribution in [2.45, 2.75) is 6.92 Å². The molecule has 0 radical (unpaired) electrons. The van der Waals surface area contributed by atoms with Crippen LogP contribution in [0.5, 0.6) is 0 Å². The van der Waals surface area contributed by atoms with Gasteiger partial charge in [0.1, 0.15) is 17.8 Å². The molecule has 0 amide bonds. The molecule has 0 spiro atoms. The van der Waals surface area contributed by atoms with Crippen LogP contribution in [-0.4, -0.2) is 36.1 Å². The number of hydrogen-bond acceptors (Lipinski definition) is 6. The lowest BCUT2D eigenvalue weighted by atomic mass is 10.2. The molecule has 29 heavy (non-hydrogen) atoms. The predicted octanol–water partition coefficient (Wildman–Crippen LogP) is 4.23. The maximum atomic E-state index is 14.1. The maximum Gasteiger partial charge on any atom is 0.159 e. The van der Waals surface area contributed by atoms with Crippen molar-refractivity contribution in [1.82, 2.24) is 9.97 Å². The molecule has 1 saturated heterocycles. The van der Waals surface area contributed by atoms with Crippen LogP contribution in [0, 0.1) is 12.7 Å². The van der Waals surface area contributed by atoms with Gasteiger partial charge >= 0.3 is 0 Å². The van der Waals surface area contributed by atoms with E-state index >= 15 is 0 Å². The molecule has 4 rings (SSSR count). The van der Waals surface area contributed by atoms with Crippen LogP contribution in [-0.2, 0) is 0 Å². The summed E-state index contributed by atoms with van der Waals surface area (Å²) in [6, 6.07) is 12.5. The summed E-state index contributed by atoms with van der Waals surface area (Å²) in [7, 11) is 0. The lowest BCUT2D eigenvalue weighted by Crippen LogP contribution is -2.47. The van der Waals surface area contributed by atoms with Gasteiger partial charge in [0.2, 0.25) is 0 Å². The monoisotopic (exact) mass is 412 g/mol. The first kappa shape index (κ1) is 19.3. The molecular formula is C21H22ClFN6. The molecule has 8 heteroatoms. The van der Waals surface area contributed by atoms with Gasteiger partial charge in [0.05, 0.1) is 5.69 Å². The second-order valence-corrected chi connectivity index (χ2v) is 7.41. The fourth-order valence-electron chi connectivity index (χ4n) is 3.46. The number of aryl methyl sites for hydroxylation is 1. The average Bonchev–Trinajstić information content (AvgIpc) is 2.73. The number of para-hydroxylation sites is 1. The second-order valence-electron chi connectivity index (χ2n) is 6.97. The summed E-state index contributed by atoms with van der Waals surface area (Å²) >= 11 is 6.11. The first-order valence-electron chi connectivity index (χ1n) is 9.41. The molecular weight excluding hydrogens is 391 g/mol. The van der Waals surface area contributed by atoms with E-state index in [2.05, 4.69) is 20.2 Å². The molecule has 3 aromatic rings. The van der Waals surface area contributed by atoms with Gasteiger partial charge in [-0.2, -0.15) is 0 Å². The zero-order valence-electron chi connectivity index (χ0n) is 16.1. The molecule has 0 bridgehead atoms. The van der Waals surface area contributed by atoms with E-state index in [0.29, 0.717) is 54.2 Å². The van der Waals surface area contributed by atoms with Gasteiger partial charge < -0.3 is 20.9 Å². The highest BCUT2D eigenvalue weighted by Gasteiger charge is 2.23. The Balaban J connectivity index is 1.51. The fraction of sp³-hybridized carbons (Fsp3) is 0.238. The molecule has 1 aliphatic heterocycles. The van der Waals surface area contributed by atoms with Gasteiger partial charge in [-0.15, -0.1) is 0 Å².